The van der Waals surface area contributed by atoms with E-state index in [1.807, 2.05) is 0 Å². The summed E-state index contributed by atoms with van der Waals surface area (Å²) in [5.41, 5.74) is 7.88. The molecule has 0 fully saturated rings. The van der Waals surface area contributed by atoms with E-state index < -0.39 is 12.1 Å². The molecule has 0 heterocycles. The topological polar surface area (TPSA) is 95.3 Å². The highest BCUT2D eigenvalue weighted by Crippen LogP contribution is 1.92. The second kappa shape index (κ2) is 5.52. The Morgan fingerprint density at radius 2 is 2.55 bits per heavy atom. The van der Waals surface area contributed by atoms with E-state index >= 15 is 0 Å². The van der Waals surface area contributed by atoms with Crippen LogP contribution in [0.15, 0.2) is 5.11 Å². The molecule has 0 rings (SSSR count). The molecule has 0 unspecified atom stereocenters. The highest BCUT2D eigenvalue weighted by atomic mass is 16.5. The summed E-state index contributed by atoms with van der Waals surface area (Å²) in [6.45, 7) is 0.851. The Balaban J connectivity index is 3.75. The number of aliphatic hydroxyl groups excluding tert-OH is 1. The second-order valence-corrected chi connectivity index (χ2v) is 1.83. The first-order valence-corrected chi connectivity index (χ1v) is 2.99. The van der Waals surface area contributed by atoms with Crippen LogP contribution in [-0.2, 0) is 9.53 Å². The van der Waals surface area contributed by atoms with Gasteiger partial charge in [0.1, 0.15) is 6.10 Å². The van der Waals surface area contributed by atoms with Crippen molar-refractivity contribution in [1.82, 2.24) is 0 Å². The van der Waals surface area contributed by atoms with Crippen molar-refractivity contribution in [3.8, 4) is 0 Å². The standard InChI is InChI=1S/C5H9N3O3/c1-4(10)11-5(3-9)2-7-8-6/h5,9H,2-3H2,1H3/t5-/m1/s1. The van der Waals surface area contributed by atoms with Gasteiger partial charge < -0.3 is 9.84 Å². The van der Waals surface area contributed by atoms with Crippen molar-refractivity contribution < 1.29 is 14.6 Å². The summed E-state index contributed by atoms with van der Waals surface area (Å²) in [4.78, 5) is 12.8. The predicted molar refractivity (Wildman–Crippen MR) is 36.7 cm³/mol. The molecular formula is C5H9N3O3. The zero-order valence-corrected chi connectivity index (χ0v) is 6.10. The van der Waals surface area contributed by atoms with Crippen LogP contribution in [0.3, 0.4) is 0 Å². The molecule has 1 N–H and O–H groups in total. The van der Waals surface area contributed by atoms with Crippen LogP contribution in [0.5, 0.6) is 0 Å². The Morgan fingerprint density at radius 3 is 2.91 bits per heavy atom. The molecule has 6 nitrogen and oxygen atoms in total. The minimum atomic E-state index is -0.719. The minimum absolute atomic E-state index is 0.0351. The third-order valence-electron chi connectivity index (χ3n) is 0.885. The van der Waals surface area contributed by atoms with Gasteiger partial charge in [0.05, 0.1) is 13.2 Å². The maximum atomic E-state index is 10.3. The quantitative estimate of drug-likeness (QED) is 0.275. The zero-order valence-electron chi connectivity index (χ0n) is 6.10. The number of ether oxygens (including phenoxy) is 1. The number of carbonyl (C=O) groups is 1. The molecular weight excluding hydrogens is 150 g/mol. The van der Waals surface area contributed by atoms with Gasteiger partial charge in [0.25, 0.3) is 0 Å². The fourth-order valence-electron chi connectivity index (χ4n) is 0.495. The number of hydrogen-bond acceptors (Lipinski definition) is 4. The van der Waals surface area contributed by atoms with Crippen molar-refractivity contribution in [3.63, 3.8) is 0 Å². The van der Waals surface area contributed by atoms with Crippen molar-refractivity contribution in [2.24, 2.45) is 5.11 Å². The van der Waals surface area contributed by atoms with E-state index in [9.17, 15) is 4.79 Å². The van der Waals surface area contributed by atoms with Crippen LogP contribution in [0, 0.1) is 0 Å². The van der Waals surface area contributed by atoms with Crippen LogP contribution < -0.4 is 0 Å². The molecule has 0 radical (unpaired) electrons. The summed E-state index contributed by atoms with van der Waals surface area (Å²) in [5, 5.41) is 11.7. The van der Waals surface area contributed by atoms with Crippen LogP contribution in [0.4, 0.5) is 0 Å². The first-order valence-electron chi connectivity index (χ1n) is 2.99. The largest absolute Gasteiger partial charge is 0.460 e. The Labute approximate surface area is 63.4 Å². The highest BCUT2D eigenvalue weighted by molar-refractivity contribution is 5.66. The Kier molecular flexibility index (Phi) is 4.89. The van der Waals surface area contributed by atoms with Gasteiger partial charge in [-0.2, -0.15) is 0 Å². The highest BCUT2D eigenvalue weighted by Gasteiger charge is 2.07. The van der Waals surface area contributed by atoms with Gasteiger partial charge in [0.2, 0.25) is 0 Å². The van der Waals surface area contributed by atoms with Gasteiger partial charge in [-0.15, -0.1) is 0 Å². The fourth-order valence-corrected chi connectivity index (χ4v) is 0.495. The number of rotatable bonds is 4. The molecule has 0 aliphatic heterocycles. The summed E-state index contributed by atoms with van der Waals surface area (Å²) in [7, 11) is 0. The van der Waals surface area contributed by atoms with Gasteiger partial charge in [-0.1, -0.05) is 5.11 Å². The van der Waals surface area contributed by atoms with E-state index in [1.54, 1.807) is 0 Å². The number of hydrogen-bond donors (Lipinski definition) is 1. The smallest absolute Gasteiger partial charge is 0.302 e. The normalized spacial score (nSPS) is 11.5. The van der Waals surface area contributed by atoms with Crippen LogP contribution >= 0.6 is 0 Å². The predicted octanol–water partition coefficient (Wildman–Crippen LogP) is 0.221. The first-order chi connectivity index (χ1) is 5.20. The Hall–Kier alpha value is -1.26. The van der Waals surface area contributed by atoms with E-state index in [0.29, 0.717) is 0 Å². The number of aliphatic hydroxyl groups is 1. The first kappa shape index (κ1) is 9.74. The lowest BCUT2D eigenvalue weighted by Crippen LogP contribution is -2.23. The van der Waals surface area contributed by atoms with E-state index in [-0.39, 0.29) is 13.2 Å². The third-order valence-corrected chi connectivity index (χ3v) is 0.885. The maximum absolute atomic E-state index is 10.3. The Morgan fingerprint density at radius 1 is 1.91 bits per heavy atom. The van der Waals surface area contributed by atoms with E-state index in [2.05, 4.69) is 14.8 Å². The van der Waals surface area contributed by atoms with Gasteiger partial charge in [0.15, 0.2) is 0 Å². The van der Waals surface area contributed by atoms with E-state index in [4.69, 9.17) is 10.6 Å². The van der Waals surface area contributed by atoms with Gasteiger partial charge in [-0.05, 0) is 5.53 Å². The van der Waals surface area contributed by atoms with Crippen LogP contribution in [0.1, 0.15) is 6.92 Å². The third kappa shape index (κ3) is 5.20. The molecule has 0 amide bonds. The molecule has 6 heteroatoms. The van der Waals surface area contributed by atoms with Gasteiger partial charge in [-0.3, -0.25) is 4.79 Å². The molecule has 0 saturated carbocycles. The molecule has 0 aliphatic carbocycles. The summed E-state index contributed by atoms with van der Waals surface area (Å²) in [6.07, 6.45) is -0.719. The summed E-state index contributed by atoms with van der Waals surface area (Å²) < 4.78 is 4.55. The average molecular weight is 159 g/mol. The van der Waals surface area contributed by atoms with Gasteiger partial charge >= 0.3 is 5.97 Å². The van der Waals surface area contributed by atoms with Crippen molar-refractivity contribution in [1.29, 1.82) is 0 Å². The van der Waals surface area contributed by atoms with Gasteiger partial charge in [-0.25, -0.2) is 0 Å². The van der Waals surface area contributed by atoms with E-state index in [1.165, 1.54) is 6.92 Å². The average Bonchev–Trinajstić information content (AvgIpc) is 1.97. The fraction of sp³-hybridized carbons (Fsp3) is 0.800. The Bertz CT molecular complexity index is 172. The number of nitrogens with zero attached hydrogens (tertiary/aromatic N) is 3. The lowest BCUT2D eigenvalue weighted by atomic mass is 10.4. The number of azide groups is 1. The number of carbonyl (C=O) groups excluding carboxylic acids is 1. The van der Waals surface area contributed by atoms with Crippen LogP contribution in [-0.4, -0.2) is 30.3 Å². The molecule has 0 aromatic rings. The lowest BCUT2D eigenvalue weighted by Gasteiger charge is -2.10. The second-order valence-electron chi connectivity index (χ2n) is 1.83. The minimum Gasteiger partial charge on any atom is -0.460 e. The molecule has 0 spiro atoms. The van der Waals surface area contributed by atoms with Crippen molar-refractivity contribution in [2.75, 3.05) is 13.2 Å². The molecule has 0 aromatic heterocycles. The molecule has 1 atom stereocenters. The zero-order chi connectivity index (χ0) is 8.69. The summed E-state index contributed by atoms with van der Waals surface area (Å²) in [6, 6.07) is 0. The number of esters is 1. The molecule has 62 valence electrons. The van der Waals surface area contributed by atoms with Crippen molar-refractivity contribution in [3.05, 3.63) is 10.4 Å². The maximum Gasteiger partial charge on any atom is 0.302 e. The molecule has 0 aliphatic rings. The lowest BCUT2D eigenvalue weighted by molar-refractivity contribution is -0.147. The molecule has 0 saturated heterocycles. The summed E-state index contributed by atoms with van der Waals surface area (Å²) in [5.74, 6) is -0.503. The summed E-state index contributed by atoms with van der Waals surface area (Å²) >= 11 is 0. The molecule has 0 bridgehead atoms. The van der Waals surface area contributed by atoms with Crippen molar-refractivity contribution >= 4 is 5.97 Å². The van der Waals surface area contributed by atoms with E-state index in [0.717, 1.165) is 0 Å². The van der Waals surface area contributed by atoms with Crippen LogP contribution in [0.25, 0.3) is 10.4 Å². The molecule has 11 heavy (non-hydrogen) atoms. The van der Waals surface area contributed by atoms with Crippen LogP contribution in [0.2, 0.25) is 0 Å². The SMILES string of the molecule is CC(=O)O[C@@H](CO)CN=[N+]=[N-]. The van der Waals surface area contributed by atoms with Gasteiger partial charge in [0, 0.05) is 11.8 Å². The monoisotopic (exact) mass is 159 g/mol. The molecule has 0 aromatic carbocycles. The van der Waals surface area contributed by atoms with Crippen molar-refractivity contribution in [2.45, 2.75) is 13.0 Å².